The van der Waals surface area contributed by atoms with Crippen LogP contribution in [0.25, 0.3) is 0 Å². The van der Waals surface area contributed by atoms with Gasteiger partial charge in [0.05, 0.1) is 32.0 Å². The Hall–Kier alpha value is -0.120. The molecule has 1 aliphatic carbocycles. The van der Waals surface area contributed by atoms with Crippen LogP contribution in [0.1, 0.15) is 58.8 Å². The van der Waals surface area contributed by atoms with E-state index < -0.39 is 5.60 Å². The van der Waals surface area contributed by atoms with E-state index in [1.807, 2.05) is 6.92 Å². The van der Waals surface area contributed by atoms with Gasteiger partial charge in [0.2, 0.25) is 0 Å². The number of aliphatic hydroxyl groups is 1. The Morgan fingerprint density at radius 3 is 2.32 bits per heavy atom. The zero-order valence-electron chi connectivity index (χ0n) is 16.0. The van der Waals surface area contributed by atoms with Gasteiger partial charge in [-0.2, -0.15) is 0 Å². The van der Waals surface area contributed by atoms with Gasteiger partial charge in [-0.15, -0.1) is 24.0 Å². The molecule has 0 unspecified atom stereocenters. The van der Waals surface area contributed by atoms with Crippen LogP contribution in [0.5, 0.6) is 0 Å². The molecule has 0 bridgehead atoms. The van der Waals surface area contributed by atoms with Crippen LogP contribution in [0, 0.1) is 0 Å². The summed E-state index contributed by atoms with van der Waals surface area (Å²) in [6.45, 7) is 8.87. The molecule has 0 saturated heterocycles. The minimum atomic E-state index is -0.618. The minimum Gasteiger partial charge on any atom is -0.388 e. The number of nitrogens with zero attached hydrogens (tertiary/aromatic N) is 1. The third-order valence-electron chi connectivity index (χ3n) is 4.21. The molecule has 25 heavy (non-hydrogen) atoms. The Bertz CT molecular complexity index is 338. The normalized spacial score (nSPS) is 17.0. The fourth-order valence-corrected chi connectivity index (χ4v) is 2.75. The molecule has 0 heterocycles. The van der Waals surface area contributed by atoms with Gasteiger partial charge in [0, 0.05) is 19.7 Å². The van der Waals surface area contributed by atoms with Crippen LogP contribution in [0.2, 0.25) is 0 Å². The third kappa shape index (κ3) is 12.8. The van der Waals surface area contributed by atoms with Gasteiger partial charge < -0.3 is 25.2 Å². The van der Waals surface area contributed by atoms with Crippen molar-refractivity contribution in [1.29, 1.82) is 0 Å². The van der Waals surface area contributed by atoms with Gasteiger partial charge in [0.25, 0.3) is 0 Å². The maximum absolute atomic E-state index is 10.5. The number of hydrogen-bond donors (Lipinski definition) is 3. The number of nitrogens with one attached hydrogen (secondary N) is 2. The lowest BCUT2D eigenvalue weighted by Crippen LogP contribution is -2.41. The van der Waals surface area contributed by atoms with Crippen LogP contribution in [-0.4, -0.2) is 62.7 Å². The van der Waals surface area contributed by atoms with Crippen LogP contribution in [0.3, 0.4) is 0 Å². The van der Waals surface area contributed by atoms with Gasteiger partial charge in [-0.1, -0.05) is 32.6 Å². The molecule has 0 aromatic heterocycles. The molecule has 0 amide bonds. The first-order chi connectivity index (χ1) is 11.7. The largest absolute Gasteiger partial charge is 0.388 e. The molecular weight excluding hydrogens is 433 g/mol. The molecule has 150 valence electrons. The Kier molecular flexibility index (Phi) is 16.0. The number of aliphatic imine (C=N–C) groups is 1. The van der Waals surface area contributed by atoms with E-state index in [2.05, 4.69) is 22.5 Å². The average Bonchev–Trinajstić information content (AvgIpc) is 2.59. The molecule has 1 fully saturated rings. The van der Waals surface area contributed by atoms with Gasteiger partial charge in [-0.3, -0.25) is 4.99 Å². The summed E-state index contributed by atoms with van der Waals surface area (Å²) in [4.78, 5) is 4.54. The lowest BCUT2D eigenvalue weighted by Gasteiger charge is -2.30. The first kappa shape index (κ1) is 24.9. The standard InChI is InChI=1S/C18H37N3O3.HI/c1-3-5-12-23-14-15-24-13-11-20-17(19-4-2)21-16-18(22)9-7-6-8-10-18;/h22H,3-16H2,1-2H3,(H2,19,20,21);1H. The smallest absolute Gasteiger partial charge is 0.191 e. The van der Waals surface area contributed by atoms with Crippen molar-refractivity contribution in [2.45, 2.75) is 64.4 Å². The van der Waals surface area contributed by atoms with Crippen molar-refractivity contribution in [2.75, 3.05) is 46.1 Å². The SMILES string of the molecule is CCCCOCCOCCNC(=NCC1(O)CCCCC1)NCC.I. The second kappa shape index (κ2) is 16.1. The van der Waals surface area contributed by atoms with Crippen molar-refractivity contribution in [2.24, 2.45) is 4.99 Å². The quantitative estimate of drug-likeness (QED) is 0.177. The molecule has 0 aromatic rings. The predicted molar refractivity (Wildman–Crippen MR) is 114 cm³/mol. The van der Waals surface area contributed by atoms with Crippen LogP contribution in [0.15, 0.2) is 4.99 Å². The lowest BCUT2D eigenvalue weighted by atomic mass is 9.85. The lowest BCUT2D eigenvalue weighted by molar-refractivity contribution is 0.0131. The highest BCUT2D eigenvalue weighted by Crippen LogP contribution is 2.28. The Morgan fingerprint density at radius 2 is 1.68 bits per heavy atom. The van der Waals surface area contributed by atoms with Gasteiger partial charge >= 0.3 is 0 Å². The van der Waals surface area contributed by atoms with Crippen molar-refractivity contribution in [1.82, 2.24) is 10.6 Å². The summed E-state index contributed by atoms with van der Waals surface area (Å²) in [6, 6.07) is 0. The van der Waals surface area contributed by atoms with E-state index in [0.29, 0.717) is 32.9 Å². The van der Waals surface area contributed by atoms with Crippen molar-refractivity contribution in [3.05, 3.63) is 0 Å². The van der Waals surface area contributed by atoms with E-state index in [-0.39, 0.29) is 24.0 Å². The maximum atomic E-state index is 10.5. The summed E-state index contributed by atoms with van der Waals surface area (Å²) in [5.74, 6) is 0.749. The number of unbranched alkanes of at least 4 members (excludes halogenated alkanes) is 1. The summed E-state index contributed by atoms with van der Waals surface area (Å²) in [7, 11) is 0. The van der Waals surface area contributed by atoms with Gasteiger partial charge in [0.1, 0.15) is 0 Å². The number of guanidine groups is 1. The monoisotopic (exact) mass is 471 g/mol. The predicted octanol–water partition coefficient (Wildman–Crippen LogP) is 2.69. The first-order valence-electron chi connectivity index (χ1n) is 9.60. The number of rotatable bonds is 12. The average molecular weight is 471 g/mol. The molecule has 1 saturated carbocycles. The molecule has 1 rings (SSSR count). The van der Waals surface area contributed by atoms with Crippen LogP contribution < -0.4 is 10.6 Å². The van der Waals surface area contributed by atoms with Crippen molar-refractivity contribution < 1.29 is 14.6 Å². The van der Waals surface area contributed by atoms with Gasteiger partial charge in [-0.05, 0) is 26.2 Å². The maximum Gasteiger partial charge on any atom is 0.191 e. The molecular formula is C18H38IN3O3. The Labute approximate surface area is 170 Å². The fourth-order valence-electron chi connectivity index (χ4n) is 2.75. The second-order valence-corrected chi connectivity index (χ2v) is 6.49. The number of hydrogen-bond acceptors (Lipinski definition) is 4. The zero-order valence-corrected chi connectivity index (χ0v) is 18.3. The van der Waals surface area contributed by atoms with E-state index in [0.717, 1.165) is 57.6 Å². The molecule has 0 aromatic carbocycles. The highest BCUT2D eigenvalue weighted by molar-refractivity contribution is 14.0. The van der Waals surface area contributed by atoms with Gasteiger partial charge in [-0.25, -0.2) is 0 Å². The molecule has 7 heteroatoms. The topological polar surface area (TPSA) is 75.1 Å². The van der Waals surface area contributed by atoms with E-state index in [1.54, 1.807) is 0 Å². The highest BCUT2D eigenvalue weighted by Gasteiger charge is 2.28. The summed E-state index contributed by atoms with van der Waals surface area (Å²) < 4.78 is 11.0. The highest BCUT2D eigenvalue weighted by atomic mass is 127. The van der Waals surface area contributed by atoms with E-state index in [4.69, 9.17) is 9.47 Å². The van der Waals surface area contributed by atoms with Crippen LogP contribution in [-0.2, 0) is 9.47 Å². The van der Waals surface area contributed by atoms with Crippen molar-refractivity contribution >= 4 is 29.9 Å². The van der Waals surface area contributed by atoms with E-state index >= 15 is 0 Å². The first-order valence-corrected chi connectivity index (χ1v) is 9.60. The Morgan fingerprint density at radius 1 is 1.00 bits per heavy atom. The summed E-state index contributed by atoms with van der Waals surface area (Å²) in [5.41, 5.74) is -0.618. The van der Waals surface area contributed by atoms with Gasteiger partial charge in [0.15, 0.2) is 5.96 Å². The van der Waals surface area contributed by atoms with Crippen LogP contribution >= 0.6 is 24.0 Å². The molecule has 6 nitrogen and oxygen atoms in total. The summed E-state index contributed by atoms with van der Waals surface area (Å²) in [6.07, 6.45) is 7.41. The molecule has 1 aliphatic rings. The van der Waals surface area contributed by atoms with Crippen molar-refractivity contribution in [3.8, 4) is 0 Å². The zero-order chi connectivity index (χ0) is 17.5. The summed E-state index contributed by atoms with van der Waals surface area (Å²) in [5, 5.41) is 17.0. The summed E-state index contributed by atoms with van der Waals surface area (Å²) >= 11 is 0. The molecule has 3 N–H and O–H groups in total. The van der Waals surface area contributed by atoms with E-state index in [9.17, 15) is 5.11 Å². The minimum absolute atomic E-state index is 0. The molecule has 0 atom stereocenters. The molecule has 0 radical (unpaired) electrons. The second-order valence-electron chi connectivity index (χ2n) is 6.49. The van der Waals surface area contributed by atoms with E-state index in [1.165, 1.54) is 6.42 Å². The van der Waals surface area contributed by atoms with Crippen molar-refractivity contribution in [3.63, 3.8) is 0 Å². The molecule has 0 aliphatic heterocycles. The molecule has 0 spiro atoms. The number of halogens is 1. The Balaban J connectivity index is 0.00000576. The third-order valence-corrected chi connectivity index (χ3v) is 4.21. The van der Waals surface area contributed by atoms with Crippen LogP contribution in [0.4, 0.5) is 0 Å². The number of ether oxygens (including phenoxy) is 2. The fraction of sp³-hybridized carbons (Fsp3) is 0.944.